The van der Waals surface area contributed by atoms with Gasteiger partial charge in [-0.2, -0.15) is 13.8 Å². The van der Waals surface area contributed by atoms with Crippen molar-refractivity contribution in [2.24, 2.45) is 5.92 Å². The number of alkyl halides is 2. The number of carbonyl (C=O) groups is 1. The maximum atomic E-state index is 14.4. The molecule has 2 aromatic rings. The highest BCUT2D eigenvalue weighted by Crippen LogP contribution is 2.40. The van der Waals surface area contributed by atoms with Gasteiger partial charge in [-0.3, -0.25) is 9.88 Å². The summed E-state index contributed by atoms with van der Waals surface area (Å²) in [4.78, 5) is 25.2. The number of nitrogens with one attached hydrogen (secondary N) is 1. The van der Waals surface area contributed by atoms with Gasteiger partial charge in [-0.25, -0.2) is 14.2 Å². The Bertz CT molecular complexity index is 983. The average molecular weight is 442 g/mol. The lowest BCUT2D eigenvalue weighted by Crippen LogP contribution is -2.36. The maximum Gasteiger partial charge on any atom is 0.416 e. The van der Waals surface area contributed by atoms with Crippen LogP contribution in [0.4, 0.5) is 29.7 Å². The van der Waals surface area contributed by atoms with Gasteiger partial charge in [0.25, 0.3) is 5.92 Å². The van der Waals surface area contributed by atoms with Crippen molar-refractivity contribution >= 4 is 29.5 Å². The molecule has 1 amide bonds. The molecule has 1 N–H and O–H groups in total. The summed E-state index contributed by atoms with van der Waals surface area (Å²) in [7, 11) is 0. The topological polar surface area (TPSA) is 80.2 Å². The number of anilines is 2. The van der Waals surface area contributed by atoms with E-state index in [0.717, 1.165) is 19.0 Å². The number of pyridine rings is 1. The van der Waals surface area contributed by atoms with E-state index in [-0.39, 0.29) is 35.4 Å². The molecular weight excluding hydrogens is 423 g/mol. The van der Waals surface area contributed by atoms with Crippen LogP contribution in [0.1, 0.15) is 44.0 Å². The van der Waals surface area contributed by atoms with Gasteiger partial charge in [0, 0.05) is 13.1 Å². The number of ether oxygens (including phenoxy) is 1. The van der Waals surface area contributed by atoms with E-state index < -0.39 is 29.6 Å². The molecule has 160 valence electrons. The largest absolute Gasteiger partial charge is 0.447 e. The van der Waals surface area contributed by atoms with Gasteiger partial charge in [0.05, 0.1) is 23.3 Å². The molecule has 4 rings (SSSR count). The standard InChI is InChI=1S/C19H19ClF3N5O2/c1-9(11-5-12(20)15(24-6-11)19(2,22)23)26-17-25-7-13(21)16(27-17)28-14(10-3-4-10)8-30-18(28)29/h5-7,9-10,14H,3-4,8H2,1-2H3,(H,25,26,27)/t9-,14?/m0/s1. The molecule has 2 atom stereocenters. The quantitative estimate of drug-likeness (QED) is 0.700. The van der Waals surface area contributed by atoms with Crippen molar-refractivity contribution in [3.63, 3.8) is 0 Å². The molecule has 2 fully saturated rings. The van der Waals surface area contributed by atoms with Crippen LogP contribution >= 0.6 is 11.6 Å². The molecule has 0 bridgehead atoms. The number of rotatable bonds is 6. The Hall–Kier alpha value is -2.62. The fraction of sp³-hybridized carbons (Fsp3) is 0.474. The minimum atomic E-state index is -3.16. The van der Waals surface area contributed by atoms with Crippen LogP contribution in [0.2, 0.25) is 5.02 Å². The monoisotopic (exact) mass is 441 g/mol. The predicted octanol–water partition coefficient (Wildman–Crippen LogP) is 4.68. The molecule has 2 aromatic heterocycles. The van der Waals surface area contributed by atoms with Crippen molar-refractivity contribution in [2.75, 3.05) is 16.8 Å². The molecule has 1 aliphatic carbocycles. The van der Waals surface area contributed by atoms with E-state index in [4.69, 9.17) is 16.3 Å². The first-order valence-electron chi connectivity index (χ1n) is 9.44. The Morgan fingerprint density at radius 3 is 2.70 bits per heavy atom. The van der Waals surface area contributed by atoms with Crippen LogP contribution in [0, 0.1) is 11.7 Å². The van der Waals surface area contributed by atoms with Crippen molar-refractivity contribution in [3.05, 3.63) is 40.6 Å². The van der Waals surface area contributed by atoms with Gasteiger partial charge in [-0.1, -0.05) is 11.6 Å². The second kappa shape index (κ2) is 7.57. The molecule has 1 unspecified atom stereocenters. The molecule has 11 heteroatoms. The summed E-state index contributed by atoms with van der Waals surface area (Å²) in [6.45, 7) is 2.64. The number of hydrogen-bond acceptors (Lipinski definition) is 6. The van der Waals surface area contributed by atoms with E-state index in [0.29, 0.717) is 12.5 Å². The smallest absolute Gasteiger partial charge is 0.416 e. The maximum absolute atomic E-state index is 14.4. The Kier molecular flexibility index (Phi) is 5.21. The second-order valence-corrected chi connectivity index (χ2v) is 7.98. The molecule has 1 saturated heterocycles. The van der Waals surface area contributed by atoms with E-state index in [1.54, 1.807) is 6.92 Å². The first kappa shape index (κ1) is 20.6. The normalized spacial score (nSPS) is 20.3. The zero-order valence-electron chi connectivity index (χ0n) is 16.2. The summed E-state index contributed by atoms with van der Waals surface area (Å²) in [6, 6.07) is 0.653. The number of hydrogen-bond donors (Lipinski definition) is 1. The van der Waals surface area contributed by atoms with Crippen molar-refractivity contribution in [3.8, 4) is 0 Å². The molecule has 1 aliphatic heterocycles. The summed E-state index contributed by atoms with van der Waals surface area (Å²) in [5.74, 6) is -3.73. The van der Waals surface area contributed by atoms with E-state index in [2.05, 4.69) is 20.3 Å². The summed E-state index contributed by atoms with van der Waals surface area (Å²) >= 11 is 5.95. The van der Waals surface area contributed by atoms with E-state index in [1.165, 1.54) is 17.2 Å². The van der Waals surface area contributed by atoms with Crippen LogP contribution in [-0.2, 0) is 10.7 Å². The summed E-state index contributed by atoms with van der Waals surface area (Å²) in [5, 5.41) is 2.79. The van der Waals surface area contributed by atoms with E-state index in [1.807, 2.05) is 0 Å². The fourth-order valence-corrected chi connectivity index (χ4v) is 3.73. The highest BCUT2D eigenvalue weighted by atomic mass is 35.5. The minimum Gasteiger partial charge on any atom is -0.447 e. The van der Waals surface area contributed by atoms with Crippen LogP contribution in [0.3, 0.4) is 0 Å². The van der Waals surface area contributed by atoms with Gasteiger partial charge in [0.15, 0.2) is 11.6 Å². The Morgan fingerprint density at radius 2 is 2.07 bits per heavy atom. The van der Waals surface area contributed by atoms with Crippen molar-refractivity contribution in [1.29, 1.82) is 0 Å². The SMILES string of the molecule is C[C@H](Nc1ncc(F)c(N2C(=O)OCC2C2CC2)n1)c1cnc(C(C)(F)F)c(Cl)c1. The van der Waals surface area contributed by atoms with E-state index in [9.17, 15) is 18.0 Å². The number of aromatic nitrogens is 3. The third kappa shape index (κ3) is 4.00. The van der Waals surface area contributed by atoms with Gasteiger partial charge in [-0.05, 0) is 37.3 Å². The molecule has 0 aromatic carbocycles. The van der Waals surface area contributed by atoms with Gasteiger partial charge in [0.2, 0.25) is 5.95 Å². The first-order valence-corrected chi connectivity index (χ1v) is 9.81. The average Bonchev–Trinajstić information content (AvgIpc) is 3.44. The lowest BCUT2D eigenvalue weighted by molar-refractivity contribution is 0.0128. The summed E-state index contributed by atoms with van der Waals surface area (Å²) < 4.78 is 46.5. The van der Waals surface area contributed by atoms with Gasteiger partial charge < -0.3 is 10.1 Å². The zero-order valence-corrected chi connectivity index (χ0v) is 17.0. The molecule has 3 heterocycles. The summed E-state index contributed by atoms with van der Waals surface area (Å²) in [5.41, 5.74) is -0.00184. The van der Waals surface area contributed by atoms with Crippen LogP contribution in [-0.4, -0.2) is 33.7 Å². The number of halogens is 4. The number of cyclic esters (lactones) is 1. The third-order valence-corrected chi connectivity index (χ3v) is 5.44. The molecule has 30 heavy (non-hydrogen) atoms. The molecule has 2 aliphatic rings. The van der Waals surface area contributed by atoms with E-state index >= 15 is 0 Å². The second-order valence-electron chi connectivity index (χ2n) is 7.57. The lowest BCUT2D eigenvalue weighted by atomic mass is 10.1. The minimum absolute atomic E-state index is 0.0640. The first-order chi connectivity index (χ1) is 14.1. The highest BCUT2D eigenvalue weighted by Gasteiger charge is 2.45. The van der Waals surface area contributed by atoms with Gasteiger partial charge in [-0.15, -0.1) is 0 Å². The molecule has 1 saturated carbocycles. The van der Waals surface area contributed by atoms with Crippen LogP contribution in [0.5, 0.6) is 0 Å². The Labute approximate surface area is 175 Å². The number of carbonyl (C=O) groups excluding carboxylic acids is 1. The van der Waals surface area contributed by atoms with Crippen LogP contribution in [0.25, 0.3) is 0 Å². The highest BCUT2D eigenvalue weighted by molar-refractivity contribution is 6.31. The van der Waals surface area contributed by atoms with Crippen LogP contribution < -0.4 is 10.2 Å². The molecule has 7 nitrogen and oxygen atoms in total. The zero-order chi connectivity index (χ0) is 21.6. The van der Waals surface area contributed by atoms with Crippen molar-refractivity contribution in [2.45, 2.75) is 44.7 Å². The molecule has 0 spiro atoms. The van der Waals surface area contributed by atoms with Gasteiger partial charge in [0.1, 0.15) is 12.3 Å². The number of amides is 1. The number of nitrogens with zero attached hydrogens (tertiary/aromatic N) is 4. The Balaban J connectivity index is 1.56. The lowest BCUT2D eigenvalue weighted by Gasteiger charge is -2.22. The molecular formula is C19H19ClF3N5O2. The summed E-state index contributed by atoms with van der Waals surface area (Å²) in [6.07, 6.45) is 3.51. The van der Waals surface area contributed by atoms with Crippen molar-refractivity contribution in [1.82, 2.24) is 15.0 Å². The van der Waals surface area contributed by atoms with Crippen LogP contribution in [0.15, 0.2) is 18.5 Å². The van der Waals surface area contributed by atoms with Crippen molar-refractivity contribution < 1.29 is 22.7 Å². The predicted molar refractivity (Wildman–Crippen MR) is 103 cm³/mol. The Morgan fingerprint density at radius 1 is 1.33 bits per heavy atom. The van der Waals surface area contributed by atoms with Gasteiger partial charge >= 0.3 is 6.09 Å². The fourth-order valence-electron chi connectivity index (χ4n) is 3.39. The molecule has 0 radical (unpaired) electrons. The third-order valence-electron chi connectivity index (χ3n) is 5.15.